The van der Waals surface area contributed by atoms with Gasteiger partial charge < -0.3 is 14.5 Å². The lowest BCUT2D eigenvalue weighted by atomic mass is 10.1. The Kier molecular flexibility index (Phi) is 5.76. The van der Waals surface area contributed by atoms with E-state index in [0.29, 0.717) is 17.4 Å². The molecule has 2 heterocycles. The van der Waals surface area contributed by atoms with Gasteiger partial charge in [0.2, 0.25) is 0 Å². The van der Waals surface area contributed by atoms with Crippen LogP contribution in [0.3, 0.4) is 0 Å². The van der Waals surface area contributed by atoms with Crippen LogP contribution in [-0.4, -0.2) is 45.2 Å². The normalized spacial score (nSPS) is 12.1. The fourth-order valence-electron chi connectivity index (χ4n) is 3.32. The number of aromatic nitrogens is 4. The number of benzene rings is 2. The number of hydrogen-bond donors (Lipinski definition) is 1. The van der Waals surface area contributed by atoms with Crippen LogP contribution in [0.15, 0.2) is 59.9 Å². The summed E-state index contributed by atoms with van der Waals surface area (Å²) in [5.74, 6) is 1.13. The minimum Gasteiger partial charge on any atom is -0.497 e. The molecule has 8 heteroatoms. The maximum absolute atomic E-state index is 12.2. The summed E-state index contributed by atoms with van der Waals surface area (Å²) in [7, 11) is 3.03. The van der Waals surface area contributed by atoms with Gasteiger partial charge in [-0.2, -0.15) is 0 Å². The molecule has 0 bridgehead atoms. The number of esters is 1. The molecule has 4 aromatic rings. The number of para-hydroxylation sites is 1. The van der Waals surface area contributed by atoms with E-state index < -0.39 is 0 Å². The average Bonchev–Trinajstić information content (AvgIpc) is 3.40. The molecule has 0 spiro atoms. The number of carbonyl (C=O) groups excluding carboxylic acids is 1. The summed E-state index contributed by atoms with van der Waals surface area (Å²) in [6.07, 6.45) is 2.54. The highest BCUT2D eigenvalue weighted by Gasteiger charge is 2.25. The Morgan fingerprint density at radius 2 is 2.00 bits per heavy atom. The zero-order valence-corrected chi connectivity index (χ0v) is 17.8. The highest BCUT2D eigenvalue weighted by molar-refractivity contribution is 8.00. The van der Waals surface area contributed by atoms with Crippen LogP contribution in [0.5, 0.6) is 5.75 Å². The van der Waals surface area contributed by atoms with Crippen LogP contribution in [0.4, 0.5) is 0 Å². The second kappa shape index (κ2) is 8.62. The Balaban J connectivity index is 1.88. The van der Waals surface area contributed by atoms with E-state index in [2.05, 4.69) is 15.2 Å². The summed E-state index contributed by atoms with van der Waals surface area (Å²) in [6, 6.07) is 15.7. The van der Waals surface area contributed by atoms with Crippen LogP contribution in [0.2, 0.25) is 0 Å². The smallest absolute Gasteiger partial charge is 0.319 e. The number of hydrogen-bond acceptors (Lipinski definition) is 6. The van der Waals surface area contributed by atoms with Gasteiger partial charge >= 0.3 is 5.97 Å². The average molecular weight is 423 g/mol. The fraction of sp³-hybridized carbons (Fsp3) is 0.227. The standard InChI is InChI=1S/C22H22N4O3S/c1-4-19(21(27)29-3)30-22-25-24-20(17-13-23-18-11-6-5-10-16(17)18)26(22)14-8-7-9-15(12-14)28-2/h5-13,19,23H,4H2,1-3H3/t19-/m0/s1. The monoisotopic (exact) mass is 422 g/mol. The molecular formula is C22H22N4O3S. The highest BCUT2D eigenvalue weighted by Crippen LogP contribution is 2.35. The maximum atomic E-state index is 12.2. The number of ether oxygens (including phenoxy) is 2. The summed E-state index contributed by atoms with van der Waals surface area (Å²) in [4.78, 5) is 15.5. The third kappa shape index (κ3) is 3.66. The molecule has 2 aromatic heterocycles. The number of H-pyrrole nitrogens is 1. The minimum atomic E-state index is -0.376. The van der Waals surface area contributed by atoms with E-state index in [1.54, 1.807) is 7.11 Å². The predicted molar refractivity (Wildman–Crippen MR) is 117 cm³/mol. The lowest BCUT2D eigenvalue weighted by Gasteiger charge is -2.14. The molecule has 0 aliphatic heterocycles. The van der Waals surface area contributed by atoms with Gasteiger partial charge in [-0.15, -0.1) is 10.2 Å². The molecule has 0 aliphatic carbocycles. The minimum absolute atomic E-state index is 0.281. The van der Waals surface area contributed by atoms with Gasteiger partial charge in [-0.1, -0.05) is 43.0 Å². The van der Waals surface area contributed by atoms with Gasteiger partial charge in [-0.25, -0.2) is 0 Å². The number of carbonyl (C=O) groups is 1. The summed E-state index contributed by atoms with van der Waals surface area (Å²) in [6.45, 7) is 1.95. The number of methoxy groups -OCH3 is 2. The molecule has 4 rings (SSSR count). The van der Waals surface area contributed by atoms with Crippen molar-refractivity contribution >= 4 is 28.6 Å². The third-order valence-electron chi connectivity index (χ3n) is 4.86. The van der Waals surface area contributed by atoms with Gasteiger partial charge in [0.25, 0.3) is 0 Å². The fourth-order valence-corrected chi connectivity index (χ4v) is 4.32. The first-order chi connectivity index (χ1) is 14.7. The molecule has 0 amide bonds. The van der Waals surface area contributed by atoms with Crippen molar-refractivity contribution in [2.75, 3.05) is 14.2 Å². The molecule has 0 unspecified atom stereocenters. The van der Waals surface area contributed by atoms with Crippen LogP contribution in [0, 0.1) is 0 Å². The second-order valence-corrected chi connectivity index (χ2v) is 7.80. The molecule has 1 atom stereocenters. The van der Waals surface area contributed by atoms with Crippen LogP contribution >= 0.6 is 11.8 Å². The number of fused-ring (bicyclic) bond motifs is 1. The molecule has 0 saturated carbocycles. The Morgan fingerprint density at radius 1 is 1.17 bits per heavy atom. The molecule has 2 aromatic carbocycles. The highest BCUT2D eigenvalue weighted by atomic mass is 32.2. The largest absolute Gasteiger partial charge is 0.497 e. The van der Waals surface area contributed by atoms with Crippen LogP contribution < -0.4 is 4.74 Å². The van der Waals surface area contributed by atoms with E-state index >= 15 is 0 Å². The summed E-state index contributed by atoms with van der Waals surface area (Å²) in [5.41, 5.74) is 2.80. The Hall–Kier alpha value is -3.26. The van der Waals surface area contributed by atoms with E-state index in [1.165, 1.54) is 18.9 Å². The van der Waals surface area contributed by atoms with Crippen molar-refractivity contribution in [1.82, 2.24) is 19.7 Å². The van der Waals surface area contributed by atoms with E-state index in [1.807, 2.05) is 66.2 Å². The first-order valence-corrected chi connectivity index (χ1v) is 10.4. The predicted octanol–water partition coefficient (Wildman–Crippen LogP) is 4.47. The summed E-state index contributed by atoms with van der Waals surface area (Å²) >= 11 is 1.34. The van der Waals surface area contributed by atoms with Crippen LogP contribution in [0.25, 0.3) is 28.0 Å². The van der Waals surface area contributed by atoms with Crippen molar-refractivity contribution in [2.45, 2.75) is 23.8 Å². The van der Waals surface area contributed by atoms with Gasteiger partial charge in [0.1, 0.15) is 11.0 Å². The molecular weight excluding hydrogens is 400 g/mol. The van der Waals surface area contributed by atoms with E-state index in [4.69, 9.17) is 9.47 Å². The van der Waals surface area contributed by atoms with Crippen molar-refractivity contribution in [2.24, 2.45) is 0 Å². The Labute approximate surface area is 178 Å². The van der Waals surface area contributed by atoms with Gasteiger partial charge in [0, 0.05) is 28.7 Å². The van der Waals surface area contributed by atoms with Crippen molar-refractivity contribution in [3.63, 3.8) is 0 Å². The van der Waals surface area contributed by atoms with Crippen molar-refractivity contribution in [1.29, 1.82) is 0 Å². The topological polar surface area (TPSA) is 82.0 Å². The molecule has 0 aliphatic rings. The molecule has 30 heavy (non-hydrogen) atoms. The molecule has 0 saturated heterocycles. The van der Waals surface area contributed by atoms with E-state index in [0.717, 1.165) is 27.9 Å². The third-order valence-corrected chi connectivity index (χ3v) is 6.14. The quantitative estimate of drug-likeness (QED) is 0.350. The van der Waals surface area contributed by atoms with Crippen molar-refractivity contribution in [3.05, 3.63) is 54.7 Å². The zero-order valence-electron chi connectivity index (χ0n) is 17.0. The van der Waals surface area contributed by atoms with Gasteiger partial charge in [-0.05, 0) is 24.6 Å². The number of aromatic amines is 1. The lowest BCUT2D eigenvalue weighted by Crippen LogP contribution is -2.18. The number of nitrogens with zero attached hydrogens (tertiary/aromatic N) is 3. The number of thioether (sulfide) groups is 1. The zero-order chi connectivity index (χ0) is 21.1. The van der Waals surface area contributed by atoms with E-state index in [-0.39, 0.29) is 11.2 Å². The molecule has 7 nitrogen and oxygen atoms in total. The van der Waals surface area contributed by atoms with Crippen molar-refractivity contribution in [3.8, 4) is 22.8 Å². The molecule has 0 fully saturated rings. The van der Waals surface area contributed by atoms with E-state index in [9.17, 15) is 4.79 Å². The Morgan fingerprint density at radius 3 is 2.77 bits per heavy atom. The first kappa shape index (κ1) is 20.0. The van der Waals surface area contributed by atoms with Gasteiger partial charge in [0.05, 0.1) is 19.9 Å². The van der Waals surface area contributed by atoms with Crippen molar-refractivity contribution < 1.29 is 14.3 Å². The number of nitrogens with one attached hydrogen (secondary N) is 1. The van der Waals surface area contributed by atoms with Gasteiger partial charge in [0.15, 0.2) is 11.0 Å². The van der Waals surface area contributed by atoms with Crippen LogP contribution in [0.1, 0.15) is 13.3 Å². The SMILES string of the molecule is CC[C@H](Sc1nnc(-c2c[nH]c3ccccc23)n1-c1cccc(OC)c1)C(=O)OC. The second-order valence-electron chi connectivity index (χ2n) is 6.63. The summed E-state index contributed by atoms with van der Waals surface area (Å²) in [5, 5.41) is 10.2. The maximum Gasteiger partial charge on any atom is 0.319 e. The van der Waals surface area contributed by atoms with Gasteiger partial charge in [-0.3, -0.25) is 9.36 Å². The number of rotatable bonds is 7. The Bertz CT molecular complexity index is 1180. The molecule has 1 N–H and O–H groups in total. The molecule has 154 valence electrons. The van der Waals surface area contributed by atoms with Crippen LogP contribution in [-0.2, 0) is 9.53 Å². The first-order valence-electron chi connectivity index (χ1n) is 9.57. The molecule has 0 radical (unpaired) electrons. The summed E-state index contributed by atoms with van der Waals surface area (Å²) < 4.78 is 12.3. The lowest BCUT2D eigenvalue weighted by molar-refractivity contribution is -0.140.